The maximum Gasteiger partial charge on any atom is 0.175 e. The van der Waals surface area contributed by atoms with Gasteiger partial charge in [-0.2, -0.15) is 0 Å². The number of rotatable bonds is 6. The molecule has 0 unspecified atom stereocenters. The molecule has 0 aliphatic heterocycles. The average Bonchev–Trinajstić information content (AvgIpc) is 3.25. The number of hydrogen-bond acceptors (Lipinski definition) is 5. The molecule has 0 saturated carbocycles. The average molecular weight is 545 g/mol. The molecular weight excluding hydrogens is 519 g/mol. The maximum absolute atomic E-state index is 12.2. The first-order valence-corrected chi connectivity index (χ1v) is 13.8. The Labute approximate surface area is 220 Å². The van der Waals surface area contributed by atoms with Gasteiger partial charge in [0, 0.05) is 18.0 Å². The highest BCUT2D eigenvalue weighted by Gasteiger charge is 2.25. The Bertz CT molecular complexity index is 1570. The molecule has 1 heterocycles. The van der Waals surface area contributed by atoms with Crippen molar-refractivity contribution in [2.75, 3.05) is 6.26 Å². The first kappa shape index (κ1) is 26.4. The summed E-state index contributed by atoms with van der Waals surface area (Å²) in [5, 5.41) is 21.0. The Kier molecular flexibility index (Phi) is 7.07. The van der Waals surface area contributed by atoms with Crippen molar-refractivity contribution in [2.24, 2.45) is 0 Å². The summed E-state index contributed by atoms with van der Waals surface area (Å²) in [5.74, 6) is 0.530. The normalized spacial score (nSPS) is 12.2. The van der Waals surface area contributed by atoms with Crippen molar-refractivity contribution in [2.45, 2.75) is 37.9 Å². The number of aliphatic hydroxyl groups is 2. The van der Waals surface area contributed by atoms with Gasteiger partial charge in [-0.05, 0) is 73.4 Å². The zero-order chi connectivity index (χ0) is 26.4. The highest BCUT2D eigenvalue weighted by Crippen LogP contribution is 2.37. The minimum absolute atomic E-state index is 0.103. The van der Waals surface area contributed by atoms with E-state index in [-0.39, 0.29) is 11.5 Å². The lowest BCUT2D eigenvalue weighted by Gasteiger charge is -2.15. The van der Waals surface area contributed by atoms with Gasteiger partial charge in [0.25, 0.3) is 0 Å². The topological polar surface area (TPSA) is 92.4 Å². The molecule has 0 aliphatic carbocycles. The number of hydrogen-bond donors (Lipinski definition) is 2. The molecule has 6 nitrogen and oxygen atoms in total. The van der Waals surface area contributed by atoms with Gasteiger partial charge >= 0.3 is 0 Å². The molecule has 0 bridgehead atoms. The number of aryl methyl sites for hydroxylation is 1. The predicted molar refractivity (Wildman–Crippen MR) is 143 cm³/mol. The lowest BCUT2D eigenvalue weighted by atomic mass is 10.0. The van der Waals surface area contributed by atoms with Gasteiger partial charge in [0.2, 0.25) is 0 Å². The molecular formula is C27H26Cl2N2O4S. The molecule has 188 valence electrons. The number of benzene rings is 3. The molecule has 2 N–H and O–H groups in total. The molecule has 9 heteroatoms. The van der Waals surface area contributed by atoms with E-state index in [0.29, 0.717) is 38.3 Å². The SMILES string of the molecule is Cc1cc(-c2ccc(CO)c(S(C)(=O)=O)c2)ccc1-n1cc(C(C)(C)O)nc1-c1cccc(Cl)c1Cl. The van der Waals surface area contributed by atoms with E-state index in [2.05, 4.69) is 4.98 Å². The van der Waals surface area contributed by atoms with Gasteiger partial charge in [-0.15, -0.1) is 0 Å². The summed E-state index contributed by atoms with van der Waals surface area (Å²) >= 11 is 12.8. The van der Waals surface area contributed by atoms with Crippen LogP contribution in [0.5, 0.6) is 0 Å². The van der Waals surface area contributed by atoms with Crippen molar-refractivity contribution in [3.63, 3.8) is 0 Å². The first-order chi connectivity index (χ1) is 16.8. The van der Waals surface area contributed by atoms with Crippen LogP contribution in [0.2, 0.25) is 10.0 Å². The van der Waals surface area contributed by atoms with Gasteiger partial charge in [0.05, 0.1) is 32.9 Å². The number of imidazole rings is 1. The minimum Gasteiger partial charge on any atom is -0.392 e. The molecule has 4 aromatic rings. The number of sulfone groups is 1. The smallest absolute Gasteiger partial charge is 0.175 e. The van der Waals surface area contributed by atoms with Crippen molar-refractivity contribution < 1.29 is 18.6 Å². The number of nitrogens with zero attached hydrogens (tertiary/aromatic N) is 2. The molecule has 0 amide bonds. The minimum atomic E-state index is -3.51. The number of halogens is 2. The van der Waals surface area contributed by atoms with Gasteiger partial charge in [-0.1, -0.05) is 47.5 Å². The fraction of sp³-hybridized carbons (Fsp3) is 0.222. The van der Waals surface area contributed by atoms with Gasteiger partial charge < -0.3 is 10.2 Å². The van der Waals surface area contributed by atoms with Crippen LogP contribution in [0.1, 0.15) is 30.7 Å². The van der Waals surface area contributed by atoms with E-state index >= 15 is 0 Å². The highest BCUT2D eigenvalue weighted by atomic mass is 35.5. The van der Waals surface area contributed by atoms with Crippen LogP contribution >= 0.6 is 23.2 Å². The van der Waals surface area contributed by atoms with E-state index in [4.69, 9.17) is 23.2 Å². The van der Waals surface area contributed by atoms with Crippen molar-refractivity contribution in [3.8, 4) is 28.2 Å². The van der Waals surface area contributed by atoms with E-state index < -0.39 is 15.4 Å². The van der Waals surface area contributed by atoms with E-state index in [1.165, 1.54) is 0 Å². The number of aromatic nitrogens is 2. The second kappa shape index (κ2) is 9.65. The summed E-state index contributed by atoms with van der Waals surface area (Å²) in [6.07, 6.45) is 2.90. The van der Waals surface area contributed by atoms with E-state index in [9.17, 15) is 18.6 Å². The Morgan fingerprint density at radius 1 is 1.03 bits per heavy atom. The van der Waals surface area contributed by atoms with Crippen molar-refractivity contribution >= 4 is 33.0 Å². The molecule has 0 saturated heterocycles. The predicted octanol–water partition coefficient (Wildman–Crippen LogP) is 5.94. The molecule has 0 radical (unpaired) electrons. The molecule has 0 fully saturated rings. The molecule has 36 heavy (non-hydrogen) atoms. The first-order valence-electron chi connectivity index (χ1n) is 11.1. The third-order valence-corrected chi connectivity index (χ3v) is 7.95. The van der Waals surface area contributed by atoms with Gasteiger partial charge in [-0.3, -0.25) is 4.57 Å². The fourth-order valence-electron chi connectivity index (χ4n) is 4.04. The summed E-state index contributed by atoms with van der Waals surface area (Å²) < 4.78 is 26.4. The Hall–Kier alpha value is -2.68. The third kappa shape index (κ3) is 5.08. The maximum atomic E-state index is 12.2. The lowest BCUT2D eigenvalue weighted by molar-refractivity contribution is 0.0743. The van der Waals surface area contributed by atoms with Crippen LogP contribution in [-0.4, -0.2) is 34.4 Å². The number of aliphatic hydroxyl groups excluding tert-OH is 1. The molecule has 0 aliphatic rings. The molecule has 1 aromatic heterocycles. The van der Waals surface area contributed by atoms with Crippen LogP contribution in [0, 0.1) is 6.92 Å². The van der Waals surface area contributed by atoms with Gasteiger partial charge in [0.15, 0.2) is 9.84 Å². The Morgan fingerprint density at radius 2 is 1.69 bits per heavy atom. The van der Waals surface area contributed by atoms with Gasteiger partial charge in [-0.25, -0.2) is 13.4 Å². The van der Waals surface area contributed by atoms with Crippen LogP contribution in [0.25, 0.3) is 28.2 Å². The highest BCUT2D eigenvalue weighted by molar-refractivity contribution is 7.90. The van der Waals surface area contributed by atoms with Crippen LogP contribution in [0.3, 0.4) is 0 Å². The van der Waals surface area contributed by atoms with Crippen LogP contribution < -0.4 is 0 Å². The lowest BCUT2D eigenvalue weighted by Crippen LogP contribution is -2.15. The molecule has 0 spiro atoms. The third-order valence-electron chi connectivity index (χ3n) is 5.95. The summed E-state index contributed by atoms with van der Waals surface area (Å²) in [5.41, 5.74) is 3.49. The second-order valence-electron chi connectivity index (χ2n) is 9.23. The largest absolute Gasteiger partial charge is 0.392 e. The standard InChI is InChI=1S/C27H26Cl2N2O4S/c1-16-12-17(18-8-9-19(15-32)23(13-18)36(4,34)35)10-11-22(16)31-14-24(27(2,3)33)30-26(31)20-6-5-7-21(28)25(20)29/h5-14,32-33H,15H2,1-4H3. The monoisotopic (exact) mass is 544 g/mol. The van der Waals surface area contributed by atoms with E-state index in [0.717, 1.165) is 23.1 Å². The Morgan fingerprint density at radius 3 is 2.31 bits per heavy atom. The van der Waals surface area contributed by atoms with Crippen molar-refractivity contribution in [1.29, 1.82) is 0 Å². The summed E-state index contributed by atoms with van der Waals surface area (Å²) in [4.78, 5) is 4.79. The van der Waals surface area contributed by atoms with E-state index in [1.54, 1.807) is 50.4 Å². The van der Waals surface area contributed by atoms with Gasteiger partial charge in [0.1, 0.15) is 11.4 Å². The fourth-order valence-corrected chi connectivity index (χ4v) is 5.38. The van der Waals surface area contributed by atoms with E-state index in [1.807, 2.05) is 35.8 Å². The van der Waals surface area contributed by atoms with Crippen LogP contribution in [0.4, 0.5) is 0 Å². The summed E-state index contributed by atoms with van der Waals surface area (Å²) in [6.45, 7) is 4.90. The molecule has 0 atom stereocenters. The summed E-state index contributed by atoms with van der Waals surface area (Å²) in [6, 6.07) is 16.0. The van der Waals surface area contributed by atoms with Crippen molar-refractivity contribution in [1.82, 2.24) is 9.55 Å². The van der Waals surface area contributed by atoms with Crippen LogP contribution in [-0.2, 0) is 22.0 Å². The summed E-state index contributed by atoms with van der Waals surface area (Å²) in [7, 11) is -3.51. The van der Waals surface area contributed by atoms with Crippen molar-refractivity contribution in [3.05, 3.63) is 87.7 Å². The zero-order valence-electron chi connectivity index (χ0n) is 20.3. The Balaban J connectivity index is 1.87. The molecule has 4 rings (SSSR count). The zero-order valence-corrected chi connectivity index (χ0v) is 22.6. The van der Waals surface area contributed by atoms with Crippen LogP contribution in [0.15, 0.2) is 65.7 Å². The second-order valence-corrected chi connectivity index (χ2v) is 12.0. The molecule has 3 aromatic carbocycles. The quantitative estimate of drug-likeness (QED) is 0.313.